The predicted octanol–water partition coefficient (Wildman–Crippen LogP) is 2.76. The normalized spacial score (nSPS) is 21.2. The molecular formula is C17H27ClN2O3S. The third kappa shape index (κ3) is 5.76. The molecule has 7 heteroatoms. The second-order valence-corrected chi connectivity index (χ2v) is 9.18. The number of anilines is 1. The summed E-state index contributed by atoms with van der Waals surface area (Å²) in [4.78, 5) is 12.4. The summed E-state index contributed by atoms with van der Waals surface area (Å²) in [5, 5.41) is 5.85. The molecule has 1 aromatic carbocycles. The molecule has 0 radical (unpaired) electrons. The minimum atomic E-state index is -3.15. The smallest absolute Gasteiger partial charge is 0.227 e. The lowest BCUT2D eigenvalue weighted by Crippen LogP contribution is -2.40. The zero-order chi connectivity index (χ0) is 17.0. The first-order valence-corrected chi connectivity index (χ1v) is 9.84. The van der Waals surface area contributed by atoms with Gasteiger partial charge in [0.2, 0.25) is 5.91 Å². The third-order valence-corrected chi connectivity index (χ3v) is 6.45. The molecule has 1 aliphatic rings. The molecule has 24 heavy (non-hydrogen) atoms. The highest BCUT2D eigenvalue weighted by atomic mass is 35.5. The van der Waals surface area contributed by atoms with Gasteiger partial charge >= 0.3 is 0 Å². The lowest BCUT2D eigenvalue weighted by Gasteiger charge is -2.27. The van der Waals surface area contributed by atoms with Gasteiger partial charge in [0.05, 0.1) is 11.0 Å². The van der Waals surface area contributed by atoms with Crippen LogP contribution in [-0.4, -0.2) is 32.2 Å². The zero-order valence-corrected chi connectivity index (χ0v) is 16.0. The van der Waals surface area contributed by atoms with Crippen LogP contribution >= 0.6 is 12.4 Å². The van der Waals surface area contributed by atoms with E-state index in [1.54, 1.807) is 38.1 Å². The number of halogens is 1. The van der Waals surface area contributed by atoms with Crippen molar-refractivity contribution in [2.75, 3.05) is 11.9 Å². The number of piperidine rings is 1. The van der Waals surface area contributed by atoms with Crippen LogP contribution in [-0.2, 0) is 20.4 Å². The van der Waals surface area contributed by atoms with Gasteiger partial charge in [-0.3, -0.25) is 4.79 Å². The fourth-order valence-electron chi connectivity index (χ4n) is 2.75. The van der Waals surface area contributed by atoms with E-state index in [0.717, 1.165) is 19.4 Å². The van der Waals surface area contributed by atoms with E-state index in [1.807, 2.05) is 0 Å². The van der Waals surface area contributed by atoms with Gasteiger partial charge in [-0.2, -0.15) is 0 Å². The number of hydrogen-bond acceptors (Lipinski definition) is 4. The first kappa shape index (κ1) is 20.9. The first-order valence-electron chi connectivity index (χ1n) is 8.12. The molecule has 0 aliphatic carbocycles. The molecule has 2 N–H and O–H groups in total. The molecule has 1 fully saturated rings. The molecule has 0 unspecified atom stereocenters. The molecule has 2 atom stereocenters. The van der Waals surface area contributed by atoms with Crippen molar-refractivity contribution < 1.29 is 13.2 Å². The van der Waals surface area contributed by atoms with Crippen molar-refractivity contribution >= 4 is 33.8 Å². The quantitative estimate of drug-likeness (QED) is 0.830. The van der Waals surface area contributed by atoms with Gasteiger partial charge in [-0.25, -0.2) is 8.42 Å². The van der Waals surface area contributed by atoms with Crippen LogP contribution < -0.4 is 10.6 Å². The number of carbonyl (C=O) groups is 1. The van der Waals surface area contributed by atoms with Gasteiger partial charge in [-0.1, -0.05) is 12.1 Å². The molecule has 0 bridgehead atoms. The zero-order valence-electron chi connectivity index (χ0n) is 14.4. The lowest BCUT2D eigenvalue weighted by atomic mass is 9.92. The van der Waals surface area contributed by atoms with Gasteiger partial charge in [0.1, 0.15) is 0 Å². The number of amides is 1. The fraction of sp³-hybridized carbons (Fsp3) is 0.588. The van der Waals surface area contributed by atoms with Crippen molar-refractivity contribution in [2.45, 2.75) is 50.7 Å². The predicted molar refractivity (Wildman–Crippen MR) is 100 cm³/mol. The number of nitrogens with one attached hydrogen (secondary N) is 2. The van der Waals surface area contributed by atoms with Crippen molar-refractivity contribution in [1.29, 1.82) is 0 Å². The molecule has 1 heterocycles. The Morgan fingerprint density at radius 2 is 2.08 bits per heavy atom. The van der Waals surface area contributed by atoms with E-state index in [9.17, 15) is 13.2 Å². The van der Waals surface area contributed by atoms with Crippen LogP contribution in [0.2, 0.25) is 0 Å². The second-order valence-electron chi connectivity index (χ2n) is 6.62. The number of hydrogen-bond donors (Lipinski definition) is 2. The van der Waals surface area contributed by atoms with E-state index < -0.39 is 15.1 Å². The third-order valence-electron chi connectivity index (χ3n) is 4.28. The molecule has 0 aromatic heterocycles. The Balaban J connectivity index is 0.00000288. The summed E-state index contributed by atoms with van der Waals surface area (Å²) in [6.07, 6.45) is 1.66. The molecule has 2 rings (SSSR count). The molecule has 1 aliphatic heterocycles. The minimum absolute atomic E-state index is 0. The summed E-state index contributed by atoms with van der Waals surface area (Å²) in [5.41, 5.74) is 1.37. The summed E-state index contributed by atoms with van der Waals surface area (Å²) in [7, 11) is -3.15. The van der Waals surface area contributed by atoms with Crippen molar-refractivity contribution in [3.05, 3.63) is 29.8 Å². The largest absolute Gasteiger partial charge is 0.326 e. The summed E-state index contributed by atoms with van der Waals surface area (Å²) >= 11 is 0. The number of sulfone groups is 1. The minimum Gasteiger partial charge on any atom is -0.326 e. The van der Waals surface area contributed by atoms with Crippen LogP contribution in [0.1, 0.15) is 39.2 Å². The number of carbonyl (C=O) groups excluding carboxylic acids is 1. The van der Waals surface area contributed by atoms with Gasteiger partial charge in [-0.05, 0) is 57.9 Å². The first-order chi connectivity index (χ1) is 10.8. The number of benzene rings is 1. The van der Waals surface area contributed by atoms with Crippen LogP contribution in [0.15, 0.2) is 24.3 Å². The molecular weight excluding hydrogens is 348 g/mol. The molecule has 136 valence electrons. The Morgan fingerprint density at radius 3 is 2.71 bits per heavy atom. The lowest BCUT2D eigenvalue weighted by molar-refractivity contribution is -0.120. The van der Waals surface area contributed by atoms with Gasteiger partial charge in [0.15, 0.2) is 9.84 Å². The summed E-state index contributed by atoms with van der Waals surface area (Å²) < 4.78 is 24.0. The monoisotopic (exact) mass is 374 g/mol. The van der Waals surface area contributed by atoms with Crippen LogP contribution in [0, 0.1) is 5.92 Å². The summed E-state index contributed by atoms with van der Waals surface area (Å²) in [6, 6.07) is 7.46. The summed E-state index contributed by atoms with van der Waals surface area (Å²) in [5.74, 6) is 0.0233. The molecule has 5 nitrogen and oxygen atoms in total. The van der Waals surface area contributed by atoms with Crippen molar-refractivity contribution in [1.82, 2.24) is 5.32 Å². The van der Waals surface area contributed by atoms with Crippen molar-refractivity contribution in [3.8, 4) is 0 Å². The standard InChI is InChI=1S/C17H26N2O3S.ClH/c1-12(2)23(21,22)11-14-5-4-6-16(10-14)19-17(20)15-7-8-18-13(3)9-15;/h4-6,10,12-13,15,18H,7-9,11H2,1-3H3,(H,19,20);1H/t13-,15-;/m0./s1. The van der Waals surface area contributed by atoms with E-state index in [4.69, 9.17) is 0 Å². The average molecular weight is 375 g/mol. The van der Waals surface area contributed by atoms with Gasteiger partial charge in [0.25, 0.3) is 0 Å². The van der Waals surface area contributed by atoms with Gasteiger partial charge < -0.3 is 10.6 Å². The Morgan fingerprint density at radius 1 is 1.38 bits per heavy atom. The Hall–Kier alpha value is -1.11. The van der Waals surface area contributed by atoms with Crippen molar-refractivity contribution in [3.63, 3.8) is 0 Å². The maximum Gasteiger partial charge on any atom is 0.227 e. The van der Waals surface area contributed by atoms with Crippen LogP contribution in [0.3, 0.4) is 0 Å². The molecule has 0 spiro atoms. The van der Waals surface area contributed by atoms with Crippen LogP contribution in [0.25, 0.3) is 0 Å². The van der Waals surface area contributed by atoms with E-state index in [1.165, 1.54) is 0 Å². The average Bonchev–Trinajstić information content (AvgIpc) is 2.47. The van der Waals surface area contributed by atoms with Gasteiger partial charge in [0, 0.05) is 17.6 Å². The fourth-order valence-corrected chi connectivity index (χ4v) is 3.73. The molecule has 1 saturated heterocycles. The molecule has 1 amide bonds. The van der Waals surface area contributed by atoms with Gasteiger partial charge in [-0.15, -0.1) is 12.4 Å². The van der Waals surface area contributed by atoms with Crippen molar-refractivity contribution in [2.24, 2.45) is 5.92 Å². The van der Waals surface area contributed by atoms with E-state index >= 15 is 0 Å². The highest BCUT2D eigenvalue weighted by Gasteiger charge is 2.24. The highest BCUT2D eigenvalue weighted by molar-refractivity contribution is 7.91. The summed E-state index contributed by atoms with van der Waals surface area (Å²) in [6.45, 7) is 6.29. The topological polar surface area (TPSA) is 75.3 Å². The number of rotatable bonds is 5. The molecule has 1 aromatic rings. The van der Waals surface area contributed by atoms with Crippen LogP contribution in [0.4, 0.5) is 5.69 Å². The van der Waals surface area contributed by atoms with E-state index in [0.29, 0.717) is 17.3 Å². The Kier molecular flexibility index (Phi) is 7.70. The maximum atomic E-state index is 12.4. The Labute approximate surface area is 150 Å². The maximum absolute atomic E-state index is 12.4. The molecule has 0 saturated carbocycles. The van der Waals surface area contributed by atoms with E-state index in [-0.39, 0.29) is 30.0 Å². The highest BCUT2D eigenvalue weighted by Crippen LogP contribution is 2.20. The second kappa shape index (κ2) is 8.83. The van der Waals surface area contributed by atoms with Crippen LogP contribution in [0.5, 0.6) is 0 Å². The van der Waals surface area contributed by atoms with E-state index in [2.05, 4.69) is 17.6 Å². The Bertz CT molecular complexity index is 662. The SMILES string of the molecule is CC(C)S(=O)(=O)Cc1cccc(NC(=O)[C@H]2CCN[C@@H](C)C2)c1.Cl.